The van der Waals surface area contributed by atoms with Gasteiger partial charge in [0.05, 0.1) is 6.61 Å². The smallest absolute Gasteiger partial charge is 0.298 e. The topological polar surface area (TPSA) is 52.6 Å². The molecule has 0 atom stereocenters. The predicted octanol–water partition coefficient (Wildman–Crippen LogP) is 3.14. The molecule has 0 saturated carbocycles. The molecule has 0 amide bonds. The van der Waals surface area contributed by atoms with Crippen molar-refractivity contribution in [1.82, 2.24) is 0 Å². The highest BCUT2D eigenvalue weighted by atomic mass is 19.1. The van der Waals surface area contributed by atoms with Crippen LogP contribution in [-0.2, 0) is 19.4 Å². The molecule has 0 aromatic heterocycles. The van der Waals surface area contributed by atoms with Crippen LogP contribution in [0.4, 0.5) is 4.39 Å². The molecule has 0 spiro atoms. The summed E-state index contributed by atoms with van der Waals surface area (Å²) in [6.07, 6.45) is 6.20. The third-order valence-electron chi connectivity index (χ3n) is 2.51. The van der Waals surface area contributed by atoms with Crippen LogP contribution in [-0.4, -0.2) is 25.0 Å². The van der Waals surface area contributed by atoms with Crippen LogP contribution in [0.1, 0.15) is 58.3 Å². The number of ketones is 1. The lowest BCUT2D eigenvalue weighted by Gasteiger charge is -2.02. The van der Waals surface area contributed by atoms with E-state index < -0.39 is 6.67 Å². The van der Waals surface area contributed by atoms with Crippen LogP contribution in [0, 0.1) is 0 Å². The Morgan fingerprint density at radius 3 is 2.06 bits per heavy atom. The van der Waals surface area contributed by atoms with Gasteiger partial charge in [0.1, 0.15) is 6.67 Å². The Kier molecular flexibility index (Phi) is 11.8. The van der Waals surface area contributed by atoms with Crippen molar-refractivity contribution in [2.75, 3.05) is 13.3 Å². The van der Waals surface area contributed by atoms with Crippen LogP contribution >= 0.6 is 0 Å². The lowest BCUT2D eigenvalue weighted by molar-refractivity contribution is -0.269. The SMILES string of the molecule is CCOOC(=O)CCCCCCCCC(=O)CF. The van der Waals surface area contributed by atoms with Gasteiger partial charge in [-0.05, 0) is 19.8 Å². The molecule has 4 nitrogen and oxygen atoms in total. The average Bonchev–Trinajstić information content (AvgIpc) is 2.38. The number of rotatable bonds is 12. The first kappa shape index (κ1) is 17.0. The van der Waals surface area contributed by atoms with E-state index in [0.29, 0.717) is 19.4 Å². The van der Waals surface area contributed by atoms with E-state index in [-0.39, 0.29) is 11.8 Å². The lowest BCUT2D eigenvalue weighted by Crippen LogP contribution is -2.04. The zero-order valence-electron chi connectivity index (χ0n) is 11.1. The van der Waals surface area contributed by atoms with Crippen LogP contribution in [0.3, 0.4) is 0 Å². The van der Waals surface area contributed by atoms with Crippen LogP contribution in [0.5, 0.6) is 0 Å². The number of alkyl halides is 1. The lowest BCUT2D eigenvalue weighted by atomic mass is 10.1. The maximum absolute atomic E-state index is 11.8. The second-order valence-corrected chi connectivity index (χ2v) is 4.16. The van der Waals surface area contributed by atoms with Crippen molar-refractivity contribution < 1.29 is 23.8 Å². The van der Waals surface area contributed by atoms with Crippen LogP contribution in [0.15, 0.2) is 0 Å². The van der Waals surface area contributed by atoms with Gasteiger partial charge < -0.3 is 0 Å². The minimum Gasteiger partial charge on any atom is -0.298 e. The molecule has 0 bridgehead atoms. The third kappa shape index (κ3) is 11.5. The molecule has 18 heavy (non-hydrogen) atoms. The summed E-state index contributed by atoms with van der Waals surface area (Å²) in [5.41, 5.74) is 0. The van der Waals surface area contributed by atoms with Gasteiger partial charge in [0.25, 0.3) is 0 Å². The Bertz CT molecular complexity index is 231. The Morgan fingerprint density at radius 2 is 1.50 bits per heavy atom. The third-order valence-corrected chi connectivity index (χ3v) is 2.51. The molecule has 0 aromatic rings. The summed E-state index contributed by atoms with van der Waals surface area (Å²) in [4.78, 5) is 30.7. The first-order valence-electron chi connectivity index (χ1n) is 6.60. The zero-order chi connectivity index (χ0) is 13.6. The largest absolute Gasteiger partial charge is 0.342 e. The van der Waals surface area contributed by atoms with E-state index in [0.717, 1.165) is 38.5 Å². The molecule has 0 aliphatic carbocycles. The maximum atomic E-state index is 11.8. The van der Waals surface area contributed by atoms with E-state index in [1.807, 2.05) is 0 Å². The summed E-state index contributed by atoms with van der Waals surface area (Å²) in [6, 6.07) is 0. The highest BCUT2D eigenvalue weighted by Gasteiger charge is 2.03. The molecule has 0 fully saturated rings. The number of hydrogen-bond acceptors (Lipinski definition) is 4. The monoisotopic (exact) mass is 262 g/mol. The molecular formula is C13H23FO4. The number of Topliss-reactive ketones (excluding diaryl/α,β-unsaturated/α-hetero) is 1. The van der Waals surface area contributed by atoms with Gasteiger partial charge in [0, 0.05) is 12.8 Å². The van der Waals surface area contributed by atoms with Gasteiger partial charge >= 0.3 is 5.97 Å². The molecule has 0 aromatic carbocycles. The fourth-order valence-corrected chi connectivity index (χ4v) is 1.53. The Labute approximate surface area is 108 Å². The van der Waals surface area contributed by atoms with Crippen molar-refractivity contribution in [3.05, 3.63) is 0 Å². The van der Waals surface area contributed by atoms with Gasteiger partial charge in [0.15, 0.2) is 5.78 Å². The number of unbranched alkanes of at least 4 members (excludes halogenated alkanes) is 5. The van der Waals surface area contributed by atoms with E-state index in [2.05, 4.69) is 9.78 Å². The molecule has 5 heteroatoms. The molecule has 0 rings (SSSR count). The summed E-state index contributed by atoms with van der Waals surface area (Å²) in [5.74, 6) is -0.640. The van der Waals surface area contributed by atoms with Crippen molar-refractivity contribution in [3.63, 3.8) is 0 Å². The highest BCUT2D eigenvalue weighted by molar-refractivity contribution is 5.79. The van der Waals surface area contributed by atoms with Crippen molar-refractivity contribution in [2.24, 2.45) is 0 Å². The molecule has 0 radical (unpaired) electrons. The van der Waals surface area contributed by atoms with Crippen LogP contribution in [0.2, 0.25) is 0 Å². The number of hydrogen-bond donors (Lipinski definition) is 0. The molecular weight excluding hydrogens is 239 g/mol. The molecule has 0 saturated heterocycles. The first-order valence-corrected chi connectivity index (χ1v) is 6.60. The Hall–Kier alpha value is -0.970. The van der Waals surface area contributed by atoms with Gasteiger partial charge in [-0.1, -0.05) is 25.7 Å². The summed E-state index contributed by atoms with van der Waals surface area (Å²) in [6.45, 7) is 1.27. The number of carbonyl (C=O) groups excluding carboxylic acids is 2. The van der Waals surface area contributed by atoms with Crippen molar-refractivity contribution in [3.8, 4) is 0 Å². The zero-order valence-corrected chi connectivity index (χ0v) is 11.1. The number of halogens is 1. The van der Waals surface area contributed by atoms with Crippen molar-refractivity contribution in [1.29, 1.82) is 0 Å². The Morgan fingerprint density at radius 1 is 0.944 bits per heavy atom. The second-order valence-electron chi connectivity index (χ2n) is 4.16. The fourth-order valence-electron chi connectivity index (χ4n) is 1.53. The average molecular weight is 262 g/mol. The van der Waals surface area contributed by atoms with Crippen LogP contribution in [0.25, 0.3) is 0 Å². The molecule has 0 aliphatic rings. The first-order chi connectivity index (χ1) is 8.70. The van der Waals surface area contributed by atoms with Gasteiger partial charge in [-0.25, -0.2) is 9.18 Å². The summed E-state index contributed by atoms with van der Waals surface area (Å²) in [7, 11) is 0. The van der Waals surface area contributed by atoms with E-state index in [4.69, 9.17) is 0 Å². The van der Waals surface area contributed by atoms with E-state index in [1.165, 1.54) is 0 Å². The quantitative estimate of drug-likeness (QED) is 0.308. The normalized spacial score (nSPS) is 10.3. The van der Waals surface area contributed by atoms with Crippen molar-refractivity contribution >= 4 is 11.8 Å². The highest BCUT2D eigenvalue weighted by Crippen LogP contribution is 2.09. The maximum Gasteiger partial charge on any atom is 0.342 e. The summed E-state index contributed by atoms with van der Waals surface area (Å²) < 4.78 is 11.8. The van der Waals surface area contributed by atoms with Crippen molar-refractivity contribution in [2.45, 2.75) is 58.3 Å². The van der Waals surface area contributed by atoms with E-state index in [9.17, 15) is 14.0 Å². The Balaban J connectivity index is 3.16. The van der Waals surface area contributed by atoms with Crippen LogP contribution < -0.4 is 0 Å². The second kappa shape index (κ2) is 12.5. The van der Waals surface area contributed by atoms with Gasteiger partial charge in [-0.3, -0.25) is 9.68 Å². The minimum atomic E-state index is -0.845. The standard InChI is InChI=1S/C13H23FO4/c1-2-17-18-13(16)10-8-6-4-3-5-7-9-12(15)11-14/h2-11H2,1H3. The number of carbonyl (C=O) groups is 2. The summed E-state index contributed by atoms with van der Waals surface area (Å²) >= 11 is 0. The molecule has 0 aliphatic heterocycles. The molecule has 106 valence electrons. The fraction of sp³-hybridized carbons (Fsp3) is 0.846. The van der Waals surface area contributed by atoms with E-state index >= 15 is 0 Å². The molecule has 0 N–H and O–H groups in total. The predicted molar refractivity (Wildman–Crippen MR) is 65.6 cm³/mol. The van der Waals surface area contributed by atoms with Gasteiger partial charge in [-0.15, -0.1) is 0 Å². The minimum absolute atomic E-state index is 0.311. The van der Waals surface area contributed by atoms with E-state index in [1.54, 1.807) is 6.92 Å². The van der Waals surface area contributed by atoms with Gasteiger partial charge in [0.2, 0.25) is 0 Å². The summed E-state index contributed by atoms with van der Waals surface area (Å²) in [5, 5.41) is 0. The van der Waals surface area contributed by atoms with Gasteiger partial charge in [-0.2, -0.15) is 4.89 Å². The molecule has 0 unspecified atom stereocenters. The molecule has 0 heterocycles.